The van der Waals surface area contributed by atoms with E-state index in [0.717, 1.165) is 54.4 Å². The predicted octanol–water partition coefficient (Wildman–Crippen LogP) is 4.89. The summed E-state index contributed by atoms with van der Waals surface area (Å²) < 4.78 is 2.14. The zero-order chi connectivity index (χ0) is 24.5. The number of amides is 2. The highest BCUT2D eigenvalue weighted by atomic mass is 32.1. The van der Waals surface area contributed by atoms with E-state index in [-0.39, 0.29) is 17.7 Å². The molecule has 2 amide bonds. The topological polar surface area (TPSA) is 48.8 Å². The molecule has 2 saturated heterocycles. The molecular formula is C29H30N4O2S. The maximum Gasteiger partial charge on any atom is 0.263 e. The smallest absolute Gasteiger partial charge is 0.263 e. The summed E-state index contributed by atoms with van der Waals surface area (Å²) in [5, 5.41) is 2.23. The van der Waals surface area contributed by atoms with Crippen molar-refractivity contribution in [2.24, 2.45) is 5.92 Å². The van der Waals surface area contributed by atoms with Crippen LogP contribution in [0, 0.1) is 5.92 Å². The number of carbonyl (C=O) groups is 2. The fourth-order valence-electron chi connectivity index (χ4n) is 5.41. The lowest BCUT2D eigenvalue weighted by Crippen LogP contribution is -2.52. The molecule has 2 aliphatic heterocycles. The Labute approximate surface area is 215 Å². The molecule has 0 unspecified atom stereocenters. The average Bonchev–Trinajstić information content (AvgIpc) is 3.60. The van der Waals surface area contributed by atoms with Crippen molar-refractivity contribution >= 4 is 39.7 Å². The van der Waals surface area contributed by atoms with E-state index in [2.05, 4.69) is 58.1 Å². The first-order valence-electron chi connectivity index (χ1n) is 12.7. The van der Waals surface area contributed by atoms with Crippen LogP contribution >= 0.6 is 11.3 Å². The number of fused-ring (bicyclic) bond motifs is 1. The van der Waals surface area contributed by atoms with E-state index >= 15 is 0 Å². The van der Waals surface area contributed by atoms with Crippen molar-refractivity contribution in [1.29, 1.82) is 0 Å². The van der Waals surface area contributed by atoms with Crippen molar-refractivity contribution in [2.45, 2.75) is 12.8 Å². The molecule has 4 heterocycles. The van der Waals surface area contributed by atoms with Gasteiger partial charge in [0.25, 0.3) is 5.91 Å². The van der Waals surface area contributed by atoms with Crippen LogP contribution in [0.3, 0.4) is 0 Å². The number of rotatable bonds is 4. The summed E-state index contributed by atoms with van der Waals surface area (Å²) in [5.74, 6) is 0.347. The molecule has 4 aromatic rings. The third kappa shape index (κ3) is 4.39. The monoisotopic (exact) mass is 498 g/mol. The minimum atomic E-state index is 0.0162. The number of aromatic nitrogens is 1. The molecule has 6 rings (SSSR count). The number of anilines is 1. The molecule has 0 saturated carbocycles. The van der Waals surface area contributed by atoms with E-state index in [4.69, 9.17) is 0 Å². The van der Waals surface area contributed by atoms with E-state index in [9.17, 15) is 9.59 Å². The van der Waals surface area contributed by atoms with Crippen LogP contribution in [-0.2, 0) is 4.79 Å². The standard InChI is InChI=1S/C29H30N4O2S/c34-28(32-20-18-30(19-21-32)24-7-2-1-3-8-24)23-12-15-31(16-13-23)29(35)26-10-11-27(36-26)33-17-14-22-6-4-5-9-25(22)33/h1-11,14,17,23H,12-13,15-16,18-21H2. The first-order valence-corrected chi connectivity index (χ1v) is 13.5. The number of hydrogen-bond donors (Lipinski definition) is 0. The van der Waals surface area contributed by atoms with Crippen LogP contribution in [0.25, 0.3) is 15.9 Å². The van der Waals surface area contributed by atoms with Crippen LogP contribution in [0.15, 0.2) is 79.0 Å². The van der Waals surface area contributed by atoms with Gasteiger partial charge in [-0.25, -0.2) is 0 Å². The van der Waals surface area contributed by atoms with Gasteiger partial charge in [-0.3, -0.25) is 9.59 Å². The molecule has 0 bridgehead atoms. The highest BCUT2D eigenvalue weighted by molar-refractivity contribution is 7.16. The Hall–Kier alpha value is -3.58. The quantitative estimate of drug-likeness (QED) is 0.402. The van der Waals surface area contributed by atoms with Crippen LogP contribution in [0.2, 0.25) is 0 Å². The Morgan fingerprint density at radius 3 is 2.22 bits per heavy atom. The molecule has 36 heavy (non-hydrogen) atoms. The highest BCUT2D eigenvalue weighted by Gasteiger charge is 2.32. The van der Waals surface area contributed by atoms with Gasteiger partial charge in [-0.05, 0) is 54.6 Å². The summed E-state index contributed by atoms with van der Waals surface area (Å²) in [6.45, 7) is 4.53. The molecule has 184 valence electrons. The Balaban J connectivity index is 1.04. The maximum absolute atomic E-state index is 13.2. The highest BCUT2D eigenvalue weighted by Crippen LogP contribution is 2.29. The molecule has 0 N–H and O–H groups in total. The molecular weight excluding hydrogens is 468 g/mol. The SMILES string of the molecule is O=C(c1ccc(-n2ccc3ccccc32)s1)N1CCC(C(=O)N2CCN(c3ccccc3)CC2)CC1. The number of carbonyl (C=O) groups excluding carboxylic acids is 2. The third-order valence-corrected chi connectivity index (χ3v) is 8.56. The summed E-state index contributed by atoms with van der Waals surface area (Å²) in [4.78, 5) is 33.4. The van der Waals surface area contributed by atoms with Gasteiger partial charge in [0, 0.05) is 57.1 Å². The molecule has 0 spiro atoms. The molecule has 7 heteroatoms. The number of benzene rings is 2. The molecule has 0 aliphatic carbocycles. The minimum absolute atomic E-state index is 0.0162. The van der Waals surface area contributed by atoms with Crippen molar-refractivity contribution in [3.05, 3.63) is 83.9 Å². The number of likely N-dealkylation sites (tertiary alicyclic amines) is 1. The van der Waals surface area contributed by atoms with E-state index in [0.29, 0.717) is 13.1 Å². The minimum Gasteiger partial charge on any atom is -0.368 e. The number of hydrogen-bond acceptors (Lipinski definition) is 4. The molecule has 2 aromatic heterocycles. The number of piperidine rings is 1. The van der Waals surface area contributed by atoms with Crippen LogP contribution in [0.5, 0.6) is 0 Å². The van der Waals surface area contributed by atoms with Gasteiger partial charge in [0.05, 0.1) is 10.4 Å². The van der Waals surface area contributed by atoms with Gasteiger partial charge >= 0.3 is 0 Å². The van der Waals surface area contributed by atoms with E-state index in [1.165, 1.54) is 22.4 Å². The van der Waals surface area contributed by atoms with Crippen LogP contribution in [0.1, 0.15) is 22.5 Å². The zero-order valence-electron chi connectivity index (χ0n) is 20.3. The first-order chi connectivity index (χ1) is 17.7. The molecule has 0 atom stereocenters. The second-order valence-corrected chi connectivity index (χ2v) is 10.7. The normalized spacial score (nSPS) is 17.1. The zero-order valence-corrected chi connectivity index (χ0v) is 21.1. The lowest BCUT2D eigenvalue weighted by atomic mass is 9.94. The van der Waals surface area contributed by atoms with Crippen molar-refractivity contribution in [2.75, 3.05) is 44.2 Å². The summed E-state index contributed by atoms with van der Waals surface area (Å²) >= 11 is 1.53. The lowest BCUT2D eigenvalue weighted by molar-refractivity contribution is -0.137. The van der Waals surface area contributed by atoms with Crippen molar-refractivity contribution < 1.29 is 9.59 Å². The lowest BCUT2D eigenvalue weighted by Gasteiger charge is -2.39. The summed E-state index contributed by atoms with van der Waals surface area (Å²) in [7, 11) is 0. The second-order valence-electron chi connectivity index (χ2n) is 9.60. The third-order valence-electron chi connectivity index (χ3n) is 7.48. The molecule has 0 radical (unpaired) electrons. The Morgan fingerprint density at radius 1 is 0.722 bits per heavy atom. The average molecular weight is 499 g/mol. The number of piperazine rings is 1. The van der Waals surface area contributed by atoms with Crippen LogP contribution in [-0.4, -0.2) is 65.4 Å². The van der Waals surface area contributed by atoms with Crippen LogP contribution < -0.4 is 4.90 Å². The Kier molecular flexibility index (Phi) is 6.23. The van der Waals surface area contributed by atoms with Gasteiger partial charge in [0.15, 0.2) is 0 Å². The largest absolute Gasteiger partial charge is 0.368 e. The predicted molar refractivity (Wildman–Crippen MR) is 145 cm³/mol. The van der Waals surface area contributed by atoms with Crippen LogP contribution in [0.4, 0.5) is 5.69 Å². The van der Waals surface area contributed by atoms with Gasteiger partial charge in [-0.1, -0.05) is 36.4 Å². The van der Waals surface area contributed by atoms with Gasteiger partial charge < -0.3 is 19.3 Å². The first kappa shape index (κ1) is 22.9. The van der Waals surface area contributed by atoms with Crippen molar-refractivity contribution in [3.8, 4) is 5.00 Å². The molecule has 2 fully saturated rings. The Morgan fingerprint density at radius 2 is 1.44 bits per heavy atom. The second kappa shape index (κ2) is 9.82. The Bertz CT molecular complexity index is 1360. The fourth-order valence-corrected chi connectivity index (χ4v) is 6.39. The fraction of sp³-hybridized carbons (Fsp3) is 0.310. The van der Waals surface area contributed by atoms with Gasteiger partial charge in [-0.15, -0.1) is 11.3 Å². The van der Waals surface area contributed by atoms with Gasteiger partial charge in [-0.2, -0.15) is 0 Å². The molecule has 2 aliphatic rings. The summed E-state index contributed by atoms with van der Waals surface area (Å²) in [6.07, 6.45) is 3.54. The number of thiophene rings is 1. The van der Waals surface area contributed by atoms with E-state index in [1.54, 1.807) is 0 Å². The molecule has 2 aromatic carbocycles. The molecule has 6 nitrogen and oxygen atoms in total. The number of nitrogens with zero attached hydrogens (tertiary/aromatic N) is 4. The van der Waals surface area contributed by atoms with E-state index < -0.39 is 0 Å². The van der Waals surface area contributed by atoms with Crippen molar-refractivity contribution in [3.63, 3.8) is 0 Å². The maximum atomic E-state index is 13.2. The number of para-hydroxylation sites is 2. The van der Waals surface area contributed by atoms with Gasteiger partial charge in [0.2, 0.25) is 5.91 Å². The summed E-state index contributed by atoms with van der Waals surface area (Å²) in [6, 6.07) is 24.7. The van der Waals surface area contributed by atoms with Crippen molar-refractivity contribution in [1.82, 2.24) is 14.4 Å². The van der Waals surface area contributed by atoms with Gasteiger partial charge in [0.1, 0.15) is 5.00 Å². The van der Waals surface area contributed by atoms with E-state index in [1.807, 2.05) is 40.1 Å². The summed E-state index contributed by atoms with van der Waals surface area (Å²) in [5.41, 5.74) is 2.36.